The summed E-state index contributed by atoms with van der Waals surface area (Å²) in [5.41, 5.74) is -3.07. The molecule has 2 amide bonds. The van der Waals surface area contributed by atoms with Crippen molar-refractivity contribution in [3.63, 3.8) is 0 Å². The molecule has 1 saturated heterocycles. The second-order valence-electron chi connectivity index (χ2n) is 5.29. The van der Waals surface area contributed by atoms with Crippen LogP contribution in [-0.4, -0.2) is 41.1 Å². The Morgan fingerprint density at radius 3 is 2.50 bits per heavy atom. The number of carbonyl (C=O) groups excluding carboxylic acids is 3. The molecule has 3 rings (SSSR count). The fraction of sp³-hybridized carbons (Fsp3) is 0.267. The normalized spacial score (nSPS) is 23.5. The number of alkyl halides is 3. The molecule has 6 nitrogen and oxygen atoms in total. The summed E-state index contributed by atoms with van der Waals surface area (Å²) in [5, 5.41) is 2.28. The van der Waals surface area contributed by atoms with Gasteiger partial charge in [-0.1, -0.05) is 18.2 Å². The third-order valence-electron chi connectivity index (χ3n) is 3.79. The summed E-state index contributed by atoms with van der Waals surface area (Å²) in [6.07, 6.45) is -4.80. The van der Waals surface area contributed by atoms with Crippen LogP contribution in [0.4, 0.5) is 13.2 Å². The molecule has 1 unspecified atom stereocenters. The van der Waals surface area contributed by atoms with E-state index in [1.165, 1.54) is 12.1 Å². The molecule has 0 aromatic heterocycles. The number of nitrogens with one attached hydrogen (secondary N) is 1. The number of halogens is 3. The molecule has 1 aromatic rings. The monoisotopic (exact) mass is 340 g/mol. The van der Waals surface area contributed by atoms with Gasteiger partial charge >= 0.3 is 12.1 Å². The maximum atomic E-state index is 13.3. The number of amides is 2. The zero-order chi connectivity index (χ0) is 17.5. The van der Waals surface area contributed by atoms with Crippen molar-refractivity contribution in [3.05, 3.63) is 47.7 Å². The van der Waals surface area contributed by atoms with Crippen molar-refractivity contribution in [1.82, 2.24) is 10.2 Å². The fourth-order valence-electron chi connectivity index (χ4n) is 2.61. The smallest absolute Gasteiger partial charge is 0.427 e. The van der Waals surface area contributed by atoms with Crippen molar-refractivity contribution in [3.8, 4) is 0 Å². The van der Waals surface area contributed by atoms with E-state index in [2.05, 4.69) is 10.1 Å². The number of nitrogens with zero attached hydrogens (tertiary/aromatic N) is 1. The Labute approximate surface area is 133 Å². The van der Waals surface area contributed by atoms with Gasteiger partial charge in [0, 0.05) is 12.0 Å². The van der Waals surface area contributed by atoms with Crippen molar-refractivity contribution in [2.24, 2.45) is 0 Å². The lowest BCUT2D eigenvalue weighted by atomic mass is 10.0. The van der Waals surface area contributed by atoms with Gasteiger partial charge in [-0.2, -0.15) is 13.2 Å². The Balaban J connectivity index is 1.87. The lowest BCUT2D eigenvalue weighted by Gasteiger charge is -2.39. The van der Waals surface area contributed by atoms with E-state index in [1.54, 1.807) is 18.2 Å². The highest BCUT2D eigenvalue weighted by molar-refractivity contribution is 6.04. The first-order valence-electron chi connectivity index (χ1n) is 6.92. The molecule has 126 valence electrons. The van der Waals surface area contributed by atoms with Crippen LogP contribution in [0.25, 0.3) is 0 Å². The SMILES string of the molecule is O=C1CN2C(=O)C(NC(=O)c3ccccc3)=CCC2(C(F)(F)F)O1. The molecule has 2 aliphatic rings. The molecule has 24 heavy (non-hydrogen) atoms. The average molecular weight is 340 g/mol. The lowest BCUT2D eigenvalue weighted by molar-refractivity contribution is -0.294. The molecule has 1 N–H and O–H groups in total. The van der Waals surface area contributed by atoms with Crippen molar-refractivity contribution in [2.45, 2.75) is 18.3 Å². The molecule has 2 heterocycles. The standard InChI is InChI=1S/C15H11F3N2O4/c16-15(17,18)14-7-6-10(13(23)20(14)8-11(21)24-14)19-12(22)9-4-2-1-3-5-9/h1-6H,7-8H2,(H,19,22). The van der Waals surface area contributed by atoms with Crippen LogP contribution in [0.1, 0.15) is 16.8 Å². The minimum atomic E-state index is -4.94. The Kier molecular flexibility index (Phi) is 3.58. The second kappa shape index (κ2) is 5.36. The first-order chi connectivity index (χ1) is 11.2. The maximum absolute atomic E-state index is 13.3. The van der Waals surface area contributed by atoms with Crippen LogP contribution in [0.3, 0.4) is 0 Å². The molecule has 0 radical (unpaired) electrons. The largest absolute Gasteiger partial charge is 0.449 e. The van der Waals surface area contributed by atoms with E-state index < -0.39 is 42.7 Å². The van der Waals surface area contributed by atoms with Gasteiger partial charge < -0.3 is 10.1 Å². The average Bonchev–Trinajstić information content (AvgIpc) is 2.89. The Bertz CT molecular complexity index is 745. The first-order valence-corrected chi connectivity index (χ1v) is 6.92. The molecule has 0 saturated carbocycles. The summed E-state index contributed by atoms with van der Waals surface area (Å²) in [6.45, 7) is -0.823. The molecule has 1 atom stereocenters. The molecule has 2 aliphatic heterocycles. The van der Waals surface area contributed by atoms with Gasteiger partial charge in [-0.05, 0) is 18.2 Å². The van der Waals surface area contributed by atoms with Crippen LogP contribution in [0.5, 0.6) is 0 Å². The van der Waals surface area contributed by atoms with E-state index >= 15 is 0 Å². The summed E-state index contributed by atoms with van der Waals surface area (Å²) in [6, 6.07) is 7.88. The highest BCUT2D eigenvalue weighted by Gasteiger charge is 2.68. The molecule has 0 bridgehead atoms. The lowest BCUT2D eigenvalue weighted by Crippen LogP contribution is -2.61. The van der Waals surface area contributed by atoms with Crippen LogP contribution in [0.2, 0.25) is 0 Å². The van der Waals surface area contributed by atoms with Crippen LogP contribution in [0.15, 0.2) is 42.1 Å². The minimum absolute atomic E-state index is 0.243. The third-order valence-corrected chi connectivity index (χ3v) is 3.79. The van der Waals surface area contributed by atoms with Crippen LogP contribution in [-0.2, 0) is 14.3 Å². The van der Waals surface area contributed by atoms with Crippen LogP contribution >= 0.6 is 0 Å². The summed E-state index contributed by atoms with van der Waals surface area (Å²) in [5.74, 6) is -2.90. The highest BCUT2D eigenvalue weighted by Crippen LogP contribution is 2.45. The number of fused-ring (bicyclic) bond motifs is 1. The van der Waals surface area contributed by atoms with Gasteiger partial charge in [0.15, 0.2) is 0 Å². The van der Waals surface area contributed by atoms with E-state index in [4.69, 9.17) is 0 Å². The fourth-order valence-corrected chi connectivity index (χ4v) is 2.61. The van der Waals surface area contributed by atoms with Gasteiger partial charge in [0.25, 0.3) is 17.5 Å². The molecule has 1 fully saturated rings. The summed E-state index contributed by atoms with van der Waals surface area (Å²) in [7, 11) is 0. The van der Waals surface area contributed by atoms with Crippen LogP contribution < -0.4 is 5.32 Å². The predicted molar refractivity (Wildman–Crippen MR) is 73.2 cm³/mol. The maximum Gasteiger partial charge on any atom is 0.449 e. The topological polar surface area (TPSA) is 75.7 Å². The van der Waals surface area contributed by atoms with Gasteiger partial charge in [0.05, 0.1) is 0 Å². The zero-order valence-electron chi connectivity index (χ0n) is 12.1. The van der Waals surface area contributed by atoms with Gasteiger partial charge in [-0.3, -0.25) is 19.3 Å². The Morgan fingerprint density at radius 1 is 1.21 bits per heavy atom. The van der Waals surface area contributed by atoms with E-state index in [0.29, 0.717) is 4.90 Å². The molecule has 0 spiro atoms. The number of ether oxygens (including phenoxy) is 1. The number of benzene rings is 1. The van der Waals surface area contributed by atoms with Crippen LogP contribution in [0, 0.1) is 0 Å². The van der Waals surface area contributed by atoms with E-state index in [0.717, 1.165) is 6.08 Å². The number of hydrogen-bond acceptors (Lipinski definition) is 4. The Hall–Kier alpha value is -2.84. The third kappa shape index (κ3) is 2.41. The summed E-state index contributed by atoms with van der Waals surface area (Å²) >= 11 is 0. The number of carbonyl (C=O) groups is 3. The summed E-state index contributed by atoms with van der Waals surface area (Å²) < 4.78 is 44.3. The first kappa shape index (κ1) is 16.0. The summed E-state index contributed by atoms with van der Waals surface area (Å²) in [4.78, 5) is 36.0. The zero-order valence-corrected chi connectivity index (χ0v) is 12.1. The van der Waals surface area contributed by atoms with Gasteiger partial charge in [0.1, 0.15) is 12.2 Å². The van der Waals surface area contributed by atoms with E-state index in [1.807, 2.05) is 0 Å². The predicted octanol–water partition coefficient (Wildman–Crippen LogP) is 1.35. The number of hydrogen-bond donors (Lipinski definition) is 1. The number of rotatable bonds is 2. The molecule has 9 heteroatoms. The minimum Gasteiger partial charge on any atom is -0.427 e. The van der Waals surface area contributed by atoms with Crippen molar-refractivity contribution < 1.29 is 32.3 Å². The van der Waals surface area contributed by atoms with Gasteiger partial charge in [-0.25, -0.2) is 0 Å². The molecule has 0 aliphatic carbocycles. The van der Waals surface area contributed by atoms with Gasteiger partial charge in [0.2, 0.25) is 0 Å². The highest BCUT2D eigenvalue weighted by atomic mass is 19.4. The van der Waals surface area contributed by atoms with Crippen molar-refractivity contribution in [1.29, 1.82) is 0 Å². The van der Waals surface area contributed by atoms with E-state index in [-0.39, 0.29) is 11.3 Å². The Morgan fingerprint density at radius 2 is 1.88 bits per heavy atom. The quantitative estimate of drug-likeness (QED) is 0.825. The number of esters is 1. The molecule has 1 aromatic carbocycles. The van der Waals surface area contributed by atoms with E-state index in [9.17, 15) is 27.6 Å². The molecular weight excluding hydrogens is 329 g/mol. The van der Waals surface area contributed by atoms with Crippen molar-refractivity contribution >= 4 is 17.8 Å². The van der Waals surface area contributed by atoms with Gasteiger partial charge in [-0.15, -0.1) is 0 Å². The second-order valence-corrected chi connectivity index (χ2v) is 5.29. The van der Waals surface area contributed by atoms with Crippen molar-refractivity contribution in [2.75, 3.05) is 6.54 Å². The molecular formula is C15H11F3N2O4.